The molecule has 2 atom stereocenters. The molecule has 1 amide bonds. The van der Waals surface area contributed by atoms with Crippen LogP contribution < -0.4 is 0 Å². The zero-order valence-corrected chi connectivity index (χ0v) is 12.1. The Labute approximate surface area is 124 Å². The number of hydrogen-bond acceptors (Lipinski definition) is 2. The van der Waals surface area contributed by atoms with Gasteiger partial charge in [-0.2, -0.15) is 0 Å². The fourth-order valence-corrected chi connectivity index (χ4v) is 3.63. The van der Waals surface area contributed by atoms with E-state index >= 15 is 0 Å². The van der Waals surface area contributed by atoms with Crippen molar-refractivity contribution >= 4 is 11.9 Å². The number of benzene rings is 1. The van der Waals surface area contributed by atoms with Crippen LogP contribution >= 0.6 is 0 Å². The van der Waals surface area contributed by atoms with Crippen LogP contribution in [0.3, 0.4) is 0 Å². The van der Waals surface area contributed by atoms with Gasteiger partial charge in [0.1, 0.15) is 6.04 Å². The molecule has 0 spiro atoms. The van der Waals surface area contributed by atoms with Crippen LogP contribution in [0.15, 0.2) is 24.3 Å². The molecule has 1 fully saturated rings. The Balaban J connectivity index is 1.62. The normalized spacial score (nSPS) is 24.7. The lowest BCUT2D eigenvalue weighted by molar-refractivity contribution is -0.148. The van der Waals surface area contributed by atoms with E-state index in [1.54, 1.807) is 4.90 Å². The van der Waals surface area contributed by atoms with Gasteiger partial charge in [0.2, 0.25) is 5.91 Å². The Hall–Kier alpha value is -1.84. The summed E-state index contributed by atoms with van der Waals surface area (Å²) in [6.45, 7) is 0.596. The molecule has 2 aliphatic rings. The van der Waals surface area contributed by atoms with Crippen LogP contribution in [0.4, 0.5) is 0 Å². The molecule has 21 heavy (non-hydrogen) atoms. The average Bonchev–Trinajstić information content (AvgIpc) is 2.97. The van der Waals surface area contributed by atoms with E-state index in [2.05, 4.69) is 18.2 Å². The van der Waals surface area contributed by atoms with Gasteiger partial charge >= 0.3 is 5.97 Å². The van der Waals surface area contributed by atoms with Crippen LogP contribution in [-0.4, -0.2) is 34.5 Å². The molecule has 1 aliphatic carbocycles. The fraction of sp³-hybridized carbons (Fsp3) is 0.529. The van der Waals surface area contributed by atoms with Gasteiger partial charge in [-0.25, -0.2) is 4.79 Å². The lowest BCUT2D eigenvalue weighted by Gasteiger charge is -2.27. The Bertz CT molecular complexity index is 555. The van der Waals surface area contributed by atoms with Crippen LogP contribution in [0.1, 0.15) is 36.8 Å². The maximum absolute atomic E-state index is 12.4. The minimum Gasteiger partial charge on any atom is -0.480 e. The maximum atomic E-state index is 12.4. The summed E-state index contributed by atoms with van der Waals surface area (Å²) < 4.78 is 0. The Morgan fingerprint density at radius 3 is 2.71 bits per heavy atom. The quantitative estimate of drug-likeness (QED) is 0.927. The molecule has 4 heteroatoms. The van der Waals surface area contributed by atoms with Crippen LogP contribution in [-0.2, 0) is 22.4 Å². The number of rotatable bonds is 3. The van der Waals surface area contributed by atoms with Crippen molar-refractivity contribution < 1.29 is 14.7 Å². The number of amides is 1. The summed E-state index contributed by atoms with van der Waals surface area (Å²) in [5.74, 6) is -0.499. The second-order valence-electron chi connectivity index (χ2n) is 6.17. The topological polar surface area (TPSA) is 57.6 Å². The van der Waals surface area contributed by atoms with Gasteiger partial charge in [-0.15, -0.1) is 0 Å². The predicted molar refractivity (Wildman–Crippen MR) is 78.9 cm³/mol. The van der Waals surface area contributed by atoms with Gasteiger partial charge in [0.25, 0.3) is 0 Å². The molecule has 1 heterocycles. The SMILES string of the molecule is O=C(O)[C@@H]1CCCN1C(=O)C[C@H]1CCc2ccccc2C1. The largest absolute Gasteiger partial charge is 0.480 e. The second-order valence-corrected chi connectivity index (χ2v) is 6.17. The number of hydrogen-bond donors (Lipinski definition) is 1. The lowest BCUT2D eigenvalue weighted by atomic mass is 9.82. The van der Waals surface area contributed by atoms with Crippen molar-refractivity contribution in [1.82, 2.24) is 4.90 Å². The molecular weight excluding hydrogens is 266 g/mol. The molecule has 0 saturated carbocycles. The molecule has 1 N–H and O–H groups in total. The van der Waals surface area contributed by atoms with Crippen LogP contribution in [0, 0.1) is 5.92 Å². The van der Waals surface area contributed by atoms with E-state index in [0.29, 0.717) is 25.3 Å². The fourth-order valence-electron chi connectivity index (χ4n) is 3.63. The van der Waals surface area contributed by atoms with Crippen LogP contribution in [0.2, 0.25) is 0 Å². The summed E-state index contributed by atoms with van der Waals surface area (Å²) in [6, 6.07) is 7.81. The van der Waals surface area contributed by atoms with Gasteiger partial charge in [0.05, 0.1) is 0 Å². The third-order valence-corrected chi connectivity index (χ3v) is 4.77. The van der Waals surface area contributed by atoms with E-state index < -0.39 is 12.0 Å². The van der Waals surface area contributed by atoms with E-state index in [1.807, 2.05) is 6.07 Å². The minimum atomic E-state index is -0.866. The number of carbonyl (C=O) groups excluding carboxylic acids is 1. The summed E-state index contributed by atoms with van der Waals surface area (Å²) in [4.78, 5) is 25.2. The highest BCUT2D eigenvalue weighted by molar-refractivity contribution is 5.84. The standard InChI is InChI=1S/C17H21NO3/c19-16(18-9-3-6-15(18)17(20)21)11-12-7-8-13-4-1-2-5-14(13)10-12/h1-2,4-5,12,15H,3,6-11H2,(H,20,21)/t12-,15-/m0/s1. The van der Waals surface area contributed by atoms with Crippen LogP contribution in [0.25, 0.3) is 0 Å². The highest BCUT2D eigenvalue weighted by Crippen LogP contribution is 2.29. The molecule has 3 rings (SSSR count). The first-order valence-electron chi connectivity index (χ1n) is 7.74. The number of likely N-dealkylation sites (tertiary alicyclic amines) is 1. The van der Waals surface area contributed by atoms with E-state index in [9.17, 15) is 14.7 Å². The first kappa shape index (κ1) is 14.1. The van der Waals surface area contributed by atoms with Crippen molar-refractivity contribution in [1.29, 1.82) is 0 Å². The molecule has 4 nitrogen and oxygen atoms in total. The third kappa shape index (κ3) is 2.94. The molecule has 1 aliphatic heterocycles. The monoisotopic (exact) mass is 287 g/mol. The van der Waals surface area contributed by atoms with E-state index in [1.165, 1.54) is 11.1 Å². The Kier molecular flexibility index (Phi) is 3.95. The molecule has 112 valence electrons. The summed E-state index contributed by atoms with van der Waals surface area (Å²) in [5, 5.41) is 9.17. The van der Waals surface area contributed by atoms with Crippen molar-refractivity contribution in [2.24, 2.45) is 5.92 Å². The molecule has 0 radical (unpaired) electrons. The molecule has 1 aromatic rings. The second kappa shape index (κ2) is 5.88. The van der Waals surface area contributed by atoms with Crippen molar-refractivity contribution in [3.05, 3.63) is 35.4 Å². The van der Waals surface area contributed by atoms with E-state index in [0.717, 1.165) is 25.7 Å². The summed E-state index contributed by atoms with van der Waals surface area (Å²) >= 11 is 0. The van der Waals surface area contributed by atoms with Gasteiger partial charge < -0.3 is 10.0 Å². The van der Waals surface area contributed by atoms with Crippen molar-refractivity contribution in [3.63, 3.8) is 0 Å². The van der Waals surface area contributed by atoms with E-state index in [4.69, 9.17) is 0 Å². The van der Waals surface area contributed by atoms with Crippen LogP contribution in [0.5, 0.6) is 0 Å². The third-order valence-electron chi connectivity index (χ3n) is 4.77. The summed E-state index contributed by atoms with van der Waals surface area (Å²) in [6.07, 6.45) is 4.86. The first-order chi connectivity index (χ1) is 10.1. The number of carboxylic acid groups (broad SMARTS) is 1. The van der Waals surface area contributed by atoms with Gasteiger partial charge in [-0.05, 0) is 49.1 Å². The van der Waals surface area contributed by atoms with Gasteiger partial charge in [0.15, 0.2) is 0 Å². The molecule has 0 aromatic heterocycles. The molecule has 0 bridgehead atoms. The smallest absolute Gasteiger partial charge is 0.326 e. The number of carbonyl (C=O) groups is 2. The summed E-state index contributed by atoms with van der Waals surface area (Å²) in [5.41, 5.74) is 2.74. The maximum Gasteiger partial charge on any atom is 0.326 e. The Morgan fingerprint density at radius 2 is 1.95 bits per heavy atom. The first-order valence-corrected chi connectivity index (χ1v) is 7.74. The highest BCUT2D eigenvalue weighted by Gasteiger charge is 2.34. The zero-order chi connectivity index (χ0) is 14.8. The van der Waals surface area contributed by atoms with Crippen molar-refractivity contribution in [3.8, 4) is 0 Å². The molecule has 1 aromatic carbocycles. The van der Waals surface area contributed by atoms with Gasteiger partial charge in [0, 0.05) is 13.0 Å². The lowest BCUT2D eigenvalue weighted by Crippen LogP contribution is -2.41. The number of nitrogens with zero attached hydrogens (tertiary/aromatic N) is 1. The number of aliphatic carboxylic acids is 1. The van der Waals surface area contributed by atoms with Crippen molar-refractivity contribution in [2.45, 2.75) is 44.6 Å². The number of fused-ring (bicyclic) bond motifs is 1. The average molecular weight is 287 g/mol. The van der Waals surface area contributed by atoms with Gasteiger partial charge in [-0.1, -0.05) is 24.3 Å². The van der Waals surface area contributed by atoms with E-state index in [-0.39, 0.29) is 5.91 Å². The molecule has 0 unspecified atom stereocenters. The Morgan fingerprint density at radius 1 is 1.19 bits per heavy atom. The molecular formula is C17H21NO3. The number of carboxylic acids is 1. The molecule has 1 saturated heterocycles. The minimum absolute atomic E-state index is 0.0179. The predicted octanol–water partition coefficient (Wildman–Crippen LogP) is 2.26. The van der Waals surface area contributed by atoms with Gasteiger partial charge in [-0.3, -0.25) is 4.79 Å². The zero-order valence-electron chi connectivity index (χ0n) is 12.1. The highest BCUT2D eigenvalue weighted by atomic mass is 16.4. The summed E-state index contributed by atoms with van der Waals surface area (Å²) in [7, 11) is 0. The van der Waals surface area contributed by atoms with Crippen molar-refractivity contribution in [2.75, 3.05) is 6.54 Å². The number of aryl methyl sites for hydroxylation is 1.